The molecule has 1 aliphatic rings. The largest absolute Gasteiger partial charge is 0.405 e. The number of nitrogens with two attached hydrogens (primary N) is 1. The highest BCUT2D eigenvalue weighted by atomic mass is 19.4. The summed E-state index contributed by atoms with van der Waals surface area (Å²) in [5.41, 5.74) is 5.62. The van der Waals surface area contributed by atoms with E-state index in [2.05, 4.69) is 0 Å². The van der Waals surface area contributed by atoms with Gasteiger partial charge in [0.15, 0.2) is 0 Å². The van der Waals surface area contributed by atoms with E-state index in [1.165, 1.54) is 4.90 Å². The van der Waals surface area contributed by atoms with E-state index in [4.69, 9.17) is 15.6 Å². The number of piperidine rings is 1. The van der Waals surface area contributed by atoms with Crippen LogP contribution in [0.1, 0.15) is 26.2 Å². The fourth-order valence-corrected chi connectivity index (χ4v) is 2.48. The summed E-state index contributed by atoms with van der Waals surface area (Å²) in [7, 11) is 0. The van der Waals surface area contributed by atoms with Gasteiger partial charge in [0.25, 0.3) is 0 Å². The monoisotopic (exact) mass is 284 g/mol. The lowest BCUT2D eigenvalue weighted by Crippen LogP contribution is -2.58. The van der Waals surface area contributed by atoms with Crippen LogP contribution in [0.2, 0.25) is 0 Å². The summed E-state index contributed by atoms with van der Waals surface area (Å²) in [4.78, 5) is 1.41. The summed E-state index contributed by atoms with van der Waals surface area (Å²) in [5.74, 6) is 0. The smallest absolute Gasteiger partial charge is 0.394 e. The van der Waals surface area contributed by atoms with Gasteiger partial charge < -0.3 is 15.6 Å². The summed E-state index contributed by atoms with van der Waals surface area (Å²) >= 11 is 0. The average Bonchev–Trinajstić information content (AvgIpc) is 2.36. The molecule has 1 heterocycles. The second kappa shape index (κ2) is 7.42. The Morgan fingerprint density at radius 1 is 1.37 bits per heavy atom. The standard InChI is InChI=1S/C12H23F3N2O2/c1-2-10(16)11(12(13,14)15)17-5-3-9(4-6-17)19-8-7-18/h9-11,18H,2-8,16H2,1H3. The number of aliphatic hydroxyl groups excluding tert-OH is 1. The van der Waals surface area contributed by atoms with Gasteiger partial charge in [-0.3, -0.25) is 4.90 Å². The second-order valence-electron chi connectivity index (χ2n) is 4.89. The fraction of sp³-hybridized carbons (Fsp3) is 1.00. The minimum atomic E-state index is -4.30. The number of halogens is 3. The Balaban J connectivity index is 2.55. The third-order valence-corrected chi connectivity index (χ3v) is 3.53. The lowest BCUT2D eigenvalue weighted by molar-refractivity contribution is -0.195. The highest BCUT2D eigenvalue weighted by molar-refractivity contribution is 4.90. The van der Waals surface area contributed by atoms with Crippen LogP contribution in [0.5, 0.6) is 0 Å². The molecule has 0 bridgehead atoms. The number of hydrogen-bond donors (Lipinski definition) is 2. The summed E-state index contributed by atoms with van der Waals surface area (Å²) in [6, 6.07) is -2.47. The minimum absolute atomic E-state index is 0.0601. The molecule has 2 atom stereocenters. The molecule has 4 nitrogen and oxygen atoms in total. The van der Waals surface area contributed by atoms with Crippen molar-refractivity contribution in [2.45, 2.75) is 50.6 Å². The van der Waals surface area contributed by atoms with Gasteiger partial charge in [0.05, 0.1) is 19.3 Å². The molecule has 0 spiro atoms. The molecular weight excluding hydrogens is 261 g/mol. The molecule has 2 unspecified atom stereocenters. The van der Waals surface area contributed by atoms with Crippen molar-refractivity contribution in [1.82, 2.24) is 4.90 Å². The van der Waals surface area contributed by atoms with Crippen molar-refractivity contribution in [1.29, 1.82) is 0 Å². The van der Waals surface area contributed by atoms with Crippen LogP contribution in [-0.2, 0) is 4.74 Å². The first kappa shape index (κ1) is 16.7. The predicted molar refractivity (Wildman–Crippen MR) is 65.7 cm³/mol. The van der Waals surface area contributed by atoms with Crippen LogP contribution >= 0.6 is 0 Å². The number of nitrogens with zero attached hydrogens (tertiary/aromatic N) is 1. The van der Waals surface area contributed by atoms with Gasteiger partial charge in [-0.1, -0.05) is 6.92 Å². The molecule has 0 amide bonds. The predicted octanol–water partition coefficient (Wildman–Crippen LogP) is 1.13. The van der Waals surface area contributed by atoms with E-state index in [1.807, 2.05) is 0 Å². The molecular formula is C12H23F3N2O2. The van der Waals surface area contributed by atoms with E-state index in [9.17, 15) is 13.2 Å². The second-order valence-corrected chi connectivity index (χ2v) is 4.89. The van der Waals surface area contributed by atoms with Gasteiger partial charge in [0, 0.05) is 19.1 Å². The van der Waals surface area contributed by atoms with Gasteiger partial charge in [0.1, 0.15) is 6.04 Å². The SMILES string of the molecule is CCC(N)C(N1CCC(OCCO)CC1)C(F)(F)F. The van der Waals surface area contributed by atoms with Crippen molar-refractivity contribution in [3.05, 3.63) is 0 Å². The molecule has 114 valence electrons. The maximum absolute atomic E-state index is 13.1. The van der Waals surface area contributed by atoms with E-state index >= 15 is 0 Å². The Kier molecular flexibility index (Phi) is 6.52. The maximum atomic E-state index is 13.1. The van der Waals surface area contributed by atoms with Crippen molar-refractivity contribution in [3.63, 3.8) is 0 Å². The van der Waals surface area contributed by atoms with Gasteiger partial charge in [0.2, 0.25) is 0 Å². The van der Waals surface area contributed by atoms with Crippen molar-refractivity contribution >= 4 is 0 Å². The lowest BCUT2D eigenvalue weighted by atomic mass is 9.99. The molecule has 19 heavy (non-hydrogen) atoms. The van der Waals surface area contributed by atoms with Gasteiger partial charge >= 0.3 is 6.18 Å². The van der Waals surface area contributed by atoms with Gasteiger partial charge in [-0.15, -0.1) is 0 Å². The number of hydrogen-bond acceptors (Lipinski definition) is 4. The van der Waals surface area contributed by atoms with Crippen LogP contribution in [0, 0.1) is 0 Å². The number of likely N-dealkylation sites (tertiary alicyclic amines) is 1. The normalized spacial score (nSPS) is 22.4. The Bertz CT molecular complexity index is 256. The van der Waals surface area contributed by atoms with E-state index < -0.39 is 18.3 Å². The first-order valence-electron chi connectivity index (χ1n) is 6.69. The van der Waals surface area contributed by atoms with Crippen molar-refractivity contribution in [3.8, 4) is 0 Å². The molecule has 0 aromatic heterocycles. The van der Waals surface area contributed by atoms with Crippen LogP contribution in [0.3, 0.4) is 0 Å². The molecule has 1 saturated heterocycles. The maximum Gasteiger partial charge on any atom is 0.405 e. The zero-order valence-corrected chi connectivity index (χ0v) is 11.2. The van der Waals surface area contributed by atoms with Gasteiger partial charge in [-0.2, -0.15) is 13.2 Å². The van der Waals surface area contributed by atoms with E-state index in [0.29, 0.717) is 32.4 Å². The highest BCUT2D eigenvalue weighted by Gasteiger charge is 2.47. The van der Waals surface area contributed by atoms with Crippen LogP contribution in [0.15, 0.2) is 0 Å². The van der Waals surface area contributed by atoms with Crippen LogP contribution < -0.4 is 5.73 Å². The Hall–Kier alpha value is -0.370. The number of ether oxygens (including phenoxy) is 1. The first-order chi connectivity index (χ1) is 8.90. The zero-order valence-electron chi connectivity index (χ0n) is 11.2. The highest BCUT2D eigenvalue weighted by Crippen LogP contribution is 2.30. The zero-order chi connectivity index (χ0) is 14.5. The van der Waals surface area contributed by atoms with Crippen LogP contribution in [0.25, 0.3) is 0 Å². The quantitative estimate of drug-likeness (QED) is 0.767. The fourth-order valence-electron chi connectivity index (χ4n) is 2.48. The topological polar surface area (TPSA) is 58.7 Å². The van der Waals surface area contributed by atoms with Crippen molar-refractivity contribution in [2.75, 3.05) is 26.3 Å². The van der Waals surface area contributed by atoms with E-state index in [-0.39, 0.29) is 19.3 Å². The molecule has 1 aliphatic heterocycles. The molecule has 7 heteroatoms. The van der Waals surface area contributed by atoms with Gasteiger partial charge in [-0.25, -0.2) is 0 Å². The molecule has 0 aromatic rings. The third kappa shape index (κ3) is 4.91. The first-order valence-corrected chi connectivity index (χ1v) is 6.69. The Morgan fingerprint density at radius 2 is 1.95 bits per heavy atom. The van der Waals surface area contributed by atoms with Crippen LogP contribution in [0.4, 0.5) is 13.2 Å². The molecule has 3 N–H and O–H groups in total. The summed E-state index contributed by atoms with van der Waals surface area (Å²) in [6.07, 6.45) is -2.97. The van der Waals surface area contributed by atoms with E-state index in [0.717, 1.165) is 0 Å². The molecule has 1 fully saturated rings. The van der Waals surface area contributed by atoms with Crippen LogP contribution in [-0.4, -0.2) is 60.7 Å². The Labute approximate surface area is 111 Å². The molecule has 0 aliphatic carbocycles. The van der Waals surface area contributed by atoms with Crippen molar-refractivity contribution < 1.29 is 23.0 Å². The summed E-state index contributed by atoms with van der Waals surface area (Å²) < 4.78 is 44.5. The lowest BCUT2D eigenvalue weighted by Gasteiger charge is -2.40. The van der Waals surface area contributed by atoms with Crippen molar-refractivity contribution in [2.24, 2.45) is 5.73 Å². The number of alkyl halides is 3. The molecule has 0 radical (unpaired) electrons. The Morgan fingerprint density at radius 3 is 2.37 bits per heavy atom. The van der Waals surface area contributed by atoms with E-state index in [1.54, 1.807) is 6.92 Å². The summed E-state index contributed by atoms with van der Waals surface area (Å²) in [5, 5.41) is 8.65. The molecule has 0 saturated carbocycles. The van der Waals surface area contributed by atoms with Gasteiger partial charge in [-0.05, 0) is 19.3 Å². The minimum Gasteiger partial charge on any atom is -0.394 e. The average molecular weight is 284 g/mol. The third-order valence-electron chi connectivity index (χ3n) is 3.53. The molecule has 0 aromatic carbocycles. The summed E-state index contributed by atoms with van der Waals surface area (Å²) in [6.45, 7) is 2.50. The number of rotatable bonds is 6. The molecule has 1 rings (SSSR count). The number of aliphatic hydroxyl groups is 1.